The summed E-state index contributed by atoms with van der Waals surface area (Å²) in [5.74, 6) is 1.89. The van der Waals surface area contributed by atoms with Gasteiger partial charge in [-0.2, -0.15) is 0 Å². The minimum atomic E-state index is 0.622. The van der Waals surface area contributed by atoms with E-state index in [2.05, 4.69) is 146 Å². The summed E-state index contributed by atoms with van der Waals surface area (Å²) in [4.78, 5) is 20.6. The van der Waals surface area contributed by atoms with E-state index < -0.39 is 0 Å². The van der Waals surface area contributed by atoms with E-state index in [9.17, 15) is 0 Å². The zero-order valence-electron chi connectivity index (χ0n) is 28.1. The lowest BCUT2D eigenvalue weighted by atomic mass is 9.92. The van der Waals surface area contributed by atoms with Crippen LogP contribution in [0, 0.1) is 0 Å². The first-order valence-corrected chi connectivity index (χ1v) is 17.5. The molecule has 0 radical (unpaired) electrons. The van der Waals surface area contributed by atoms with Crippen LogP contribution in [-0.4, -0.2) is 19.9 Å². The molecule has 8 aromatic carbocycles. The van der Waals surface area contributed by atoms with E-state index in [0.717, 1.165) is 66.0 Å². The number of nitrogens with zero attached hydrogens (tertiary/aromatic N) is 4. The fourth-order valence-electron chi connectivity index (χ4n) is 7.33. The van der Waals surface area contributed by atoms with E-state index in [1.54, 1.807) is 0 Å². The van der Waals surface area contributed by atoms with Crippen molar-refractivity contribution in [1.82, 2.24) is 19.9 Å². The van der Waals surface area contributed by atoms with Crippen LogP contribution in [0.25, 0.3) is 99.8 Å². The zero-order valence-corrected chi connectivity index (χ0v) is 28.1. The van der Waals surface area contributed by atoms with E-state index >= 15 is 0 Å². The van der Waals surface area contributed by atoms with Crippen LogP contribution in [0.5, 0.6) is 0 Å². The molecule has 52 heavy (non-hydrogen) atoms. The number of benzene rings is 8. The Hall–Kier alpha value is -7.04. The molecule has 4 nitrogen and oxygen atoms in total. The first-order chi connectivity index (χ1) is 25.8. The Bertz CT molecular complexity index is 2840. The third-order valence-corrected chi connectivity index (χ3v) is 9.89. The summed E-state index contributed by atoms with van der Waals surface area (Å²) in [6, 6.07) is 63.4. The lowest BCUT2D eigenvalue weighted by Crippen LogP contribution is -2.00. The molecule has 2 aromatic heterocycles. The highest BCUT2D eigenvalue weighted by atomic mass is 15.0. The van der Waals surface area contributed by atoms with Gasteiger partial charge in [-0.05, 0) is 33.5 Å². The number of pyridine rings is 1. The normalized spacial score (nSPS) is 11.5. The average Bonchev–Trinajstić information content (AvgIpc) is 3.23. The first kappa shape index (κ1) is 29.8. The standard InChI is InChI=1S/C48H30N4/c1-3-12-31(13-4-1)32-22-24-36(25-23-32)47-50-46(35-16-5-2-6-17-35)51-48(52-47)38-19-11-18-37(30-38)43-41-28-26-33-14-7-9-20-39(33)44(41)49-45-40-21-10-8-15-34(40)27-29-42(43)45/h1-30H. The van der Waals surface area contributed by atoms with Crippen LogP contribution in [0.3, 0.4) is 0 Å². The maximum atomic E-state index is 5.38. The number of rotatable bonds is 5. The summed E-state index contributed by atoms with van der Waals surface area (Å²) >= 11 is 0. The summed E-state index contributed by atoms with van der Waals surface area (Å²) in [5.41, 5.74) is 9.32. The highest BCUT2D eigenvalue weighted by Gasteiger charge is 2.18. The van der Waals surface area contributed by atoms with Crippen molar-refractivity contribution >= 4 is 43.4 Å². The average molecular weight is 663 g/mol. The summed E-state index contributed by atoms with van der Waals surface area (Å²) in [6.45, 7) is 0. The van der Waals surface area contributed by atoms with Gasteiger partial charge in [0, 0.05) is 43.8 Å². The maximum absolute atomic E-state index is 5.38. The van der Waals surface area contributed by atoms with Crippen molar-refractivity contribution in [2.24, 2.45) is 0 Å². The molecule has 10 aromatic rings. The van der Waals surface area contributed by atoms with Gasteiger partial charge in [-0.15, -0.1) is 0 Å². The lowest BCUT2D eigenvalue weighted by Gasteiger charge is -2.15. The molecule has 0 aliphatic carbocycles. The largest absolute Gasteiger partial charge is 0.246 e. The van der Waals surface area contributed by atoms with Gasteiger partial charge in [-0.3, -0.25) is 0 Å². The molecule has 0 fully saturated rings. The molecule has 10 rings (SSSR count). The fraction of sp³-hybridized carbons (Fsp3) is 0. The van der Waals surface area contributed by atoms with Crippen LogP contribution in [0.15, 0.2) is 182 Å². The number of fused-ring (bicyclic) bond motifs is 6. The van der Waals surface area contributed by atoms with Crippen LogP contribution in [0.2, 0.25) is 0 Å². The van der Waals surface area contributed by atoms with Crippen molar-refractivity contribution in [1.29, 1.82) is 0 Å². The predicted octanol–water partition coefficient (Wildman–Crippen LogP) is 12.2. The second-order valence-electron chi connectivity index (χ2n) is 13.0. The lowest BCUT2D eigenvalue weighted by molar-refractivity contribution is 1.07. The van der Waals surface area contributed by atoms with Gasteiger partial charge in [0.05, 0.1) is 11.0 Å². The predicted molar refractivity (Wildman–Crippen MR) is 215 cm³/mol. The molecule has 0 aliphatic rings. The molecule has 0 saturated carbocycles. The Morgan fingerprint density at radius 1 is 0.250 bits per heavy atom. The molecule has 0 saturated heterocycles. The van der Waals surface area contributed by atoms with Gasteiger partial charge in [-0.25, -0.2) is 19.9 Å². The Morgan fingerprint density at radius 3 is 1.27 bits per heavy atom. The molecule has 0 N–H and O–H groups in total. The Labute approximate surface area is 300 Å². The van der Waals surface area contributed by atoms with E-state index in [0.29, 0.717) is 17.5 Å². The number of aromatic nitrogens is 4. The monoisotopic (exact) mass is 662 g/mol. The summed E-state index contributed by atoms with van der Waals surface area (Å²) in [5, 5.41) is 6.84. The molecule has 0 aliphatic heterocycles. The molecule has 0 bridgehead atoms. The minimum Gasteiger partial charge on any atom is -0.246 e. The van der Waals surface area contributed by atoms with Crippen molar-refractivity contribution in [2.75, 3.05) is 0 Å². The molecular weight excluding hydrogens is 633 g/mol. The van der Waals surface area contributed by atoms with Crippen molar-refractivity contribution in [3.63, 3.8) is 0 Å². The second kappa shape index (κ2) is 12.4. The number of hydrogen-bond donors (Lipinski definition) is 0. The smallest absolute Gasteiger partial charge is 0.164 e. The minimum absolute atomic E-state index is 0.622. The summed E-state index contributed by atoms with van der Waals surface area (Å²) < 4.78 is 0. The fourth-order valence-corrected chi connectivity index (χ4v) is 7.33. The van der Waals surface area contributed by atoms with Gasteiger partial charge < -0.3 is 0 Å². The van der Waals surface area contributed by atoms with Gasteiger partial charge in [0.25, 0.3) is 0 Å². The van der Waals surface area contributed by atoms with Crippen LogP contribution in [0.1, 0.15) is 0 Å². The molecule has 0 unspecified atom stereocenters. The van der Waals surface area contributed by atoms with Gasteiger partial charge in [0.2, 0.25) is 0 Å². The Kier molecular flexibility index (Phi) is 7.10. The Morgan fingerprint density at radius 2 is 0.673 bits per heavy atom. The van der Waals surface area contributed by atoms with E-state index in [4.69, 9.17) is 19.9 Å². The molecule has 242 valence electrons. The first-order valence-electron chi connectivity index (χ1n) is 17.5. The van der Waals surface area contributed by atoms with Gasteiger partial charge in [-0.1, -0.05) is 176 Å². The molecule has 0 atom stereocenters. The molecule has 0 amide bonds. The topological polar surface area (TPSA) is 51.6 Å². The van der Waals surface area contributed by atoms with Crippen LogP contribution in [0.4, 0.5) is 0 Å². The molecular formula is C48H30N4. The SMILES string of the molecule is c1ccc(-c2ccc(-c3nc(-c4ccccc4)nc(-c4cccc(-c5c6ccc7ccccc7c6nc6c5ccc5ccccc56)c4)n3)cc2)cc1. The molecule has 0 spiro atoms. The van der Waals surface area contributed by atoms with Gasteiger partial charge in [0.1, 0.15) is 0 Å². The van der Waals surface area contributed by atoms with E-state index in [-0.39, 0.29) is 0 Å². The Balaban J connectivity index is 1.18. The van der Waals surface area contributed by atoms with E-state index in [1.807, 2.05) is 36.4 Å². The van der Waals surface area contributed by atoms with Crippen LogP contribution < -0.4 is 0 Å². The third kappa shape index (κ3) is 5.17. The van der Waals surface area contributed by atoms with Crippen molar-refractivity contribution in [3.8, 4) is 56.4 Å². The number of hydrogen-bond acceptors (Lipinski definition) is 4. The maximum Gasteiger partial charge on any atom is 0.164 e. The summed E-state index contributed by atoms with van der Waals surface area (Å²) in [7, 11) is 0. The van der Waals surface area contributed by atoms with Crippen molar-refractivity contribution < 1.29 is 0 Å². The van der Waals surface area contributed by atoms with Gasteiger partial charge >= 0.3 is 0 Å². The highest BCUT2D eigenvalue weighted by molar-refractivity contribution is 6.21. The van der Waals surface area contributed by atoms with Crippen molar-refractivity contribution in [2.45, 2.75) is 0 Å². The third-order valence-electron chi connectivity index (χ3n) is 9.89. The van der Waals surface area contributed by atoms with E-state index in [1.165, 1.54) is 16.3 Å². The van der Waals surface area contributed by atoms with Crippen molar-refractivity contribution in [3.05, 3.63) is 182 Å². The van der Waals surface area contributed by atoms with Crippen LogP contribution >= 0.6 is 0 Å². The van der Waals surface area contributed by atoms with Gasteiger partial charge in [0.15, 0.2) is 17.5 Å². The zero-order chi connectivity index (χ0) is 34.4. The molecule has 4 heteroatoms. The van der Waals surface area contributed by atoms with Crippen LogP contribution in [-0.2, 0) is 0 Å². The highest BCUT2D eigenvalue weighted by Crippen LogP contribution is 2.41. The molecule has 2 heterocycles. The second-order valence-corrected chi connectivity index (χ2v) is 13.0. The summed E-state index contributed by atoms with van der Waals surface area (Å²) in [6.07, 6.45) is 0. The quantitative estimate of drug-likeness (QED) is 0.136.